The fourth-order valence-electron chi connectivity index (χ4n) is 2.51. The third-order valence-corrected chi connectivity index (χ3v) is 3.90. The zero-order valence-corrected chi connectivity index (χ0v) is 15.4. The molecule has 0 fully saturated rings. The van der Waals surface area contributed by atoms with Gasteiger partial charge in [-0.25, -0.2) is 14.5 Å². The molecule has 0 saturated carbocycles. The molecule has 0 aliphatic heterocycles. The molecule has 0 aliphatic carbocycles. The van der Waals surface area contributed by atoms with Crippen LogP contribution in [0.2, 0.25) is 0 Å². The molecule has 1 aromatic heterocycles. The second-order valence-electron chi connectivity index (χ2n) is 5.95. The van der Waals surface area contributed by atoms with Gasteiger partial charge in [0.15, 0.2) is 11.9 Å². The van der Waals surface area contributed by atoms with Crippen LogP contribution in [-0.2, 0) is 9.53 Å². The second-order valence-corrected chi connectivity index (χ2v) is 5.95. The number of hydrogen-bond acceptors (Lipinski definition) is 5. The third-order valence-electron chi connectivity index (χ3n) is 3.90. The molecule has 1 unspecified atom stereocenters. The Labute approximate surface area is 162 Å². The van der Waals surface area contributed by atoms with Crippen LogP contribution < -0.4 is 5.32 Å². The molecule has 1 atom stereocenters. The van der Waals surface area contributed by atoms with E-state index in [-0.39, 0.29) is 5.82 Å². The van der Waals surface area contributed by atoms with Crippen LogP contribution in [-0.4, -0.2) is 39.3 Å². The fourth-order valence-corrected chi connectivity index (χ4v) is 2.51. The number of amides is 1. The maximum atomic E-state index is 12.5. The number of benzene rings is 2. The summed E-state index contributed by atoms with van der Waals surface area (Å²) >= 11 is 0. The van der Waals surface area contributed by atoms with E-state index < -0.39 is 18.0 Å². The predicted octanol–water partition coefficient (Wildman–Crippen LogP) is 2.78. The van der Waals surface area contributed by atoms with E-state index in [1.165, 1.54) is 6.92 Å². The summed E-state index contributed by atoms with van der Waals surface area (Å²) < 4.78 is 6.79. The van der Waals surface area contributed by atoms with Crippen LogP contribution in [0.3, 0.4) is 0 Å². The van der Waals surface area contributed by atoms with E-state index in [1.54, 1.807) is 10.8 Å². The lowest BCUT2D eigenvalue weighted by molar-refractivity contribution is -0.128. The molecule has 1 amide bonds. The van der Waals surface area contributed by atoms with E-state index in [0.717, 1.165) is 11.3 Å². The number of nitrogens with one attached hydrogen (secondary N) is 1. The molecule has 0 aliphatic rings. The molecular formula is C21H20N4O3. The summed E-state index contributed by atoms with van der Waals surface area (Å²) in [6, 6.07) is 18.8. The van der Waals surface area contributed by atoms with Gasteiger partial charge in [0.2, 0.25) is 0 Å². The monoisotopic (exact) mass is 376 g/mol. The van der Waals surface area contributed by atoms with Crippen molar-refractivity contribution in [2.75, 3.05) is 6.54 Å². The highest BCUT2D eigenvalue weighted by atomic mass is 16.5. The molecule has 7 heteroatoms. The number of para-hydroxylation sites is 1. The largest absolute Gasteiger partial charge is 0.447 e. The van der Waals surface area contributed by atoms with Crippen molar-refractivity contribution in [3.8, 4) is 17.1 Å². The molecule has 7 nitrogen and oxygen atoms in total. The lowest BCUT2D eigenvalue weighted by Gasteiger charge is -2.11. The van der Waals surface area contributed by atoms with Gasteiger partial charge in [-0.1, -0.05) is 54.6 Å². The highest BCUT2D eigenvalue weighted by Gasteiger charge is 2.24. The number of rotatable bonds is 7. The zero-order valence-electron chi connectivity index (χ0n) is 15.4. The first-order valence-electron chi connectivity index (χ1n) is 8.77. The summed E-state index contributed by atoms with van der Waals surface area (Å²) in [6.45, 7) is 5.31. The number of carbonyl (C=O) groups excluding carboxylic acids is 2. The van der Waals surface area contributed by atoms with Gasteiger partial charge in [-0.15, -0.1) is 11.7 Å². The summed E-state index contributed by atoms with van der Waals surface area (Å²) in [4.78, 5) is 28.8. The van der Waals surface area contributed by atoms with E-state index in [4.69, 9.17) is 4.74 Å². The topological polar surface area (TPSA) is 86.1 Å². The number of nitrogens with zero attached hydrogens (tertiary/aromatic N) is 3. The van der Waals surface area contributed by atoms with Gasteiger partial charge in [-0.3, -0.25) is 4.79 Å². The van der Waals surface area contributed by atoms with Crippen LogP contribution in [0, 0.1) is 0 Å². The van der Waals surface area contributed by atoms with Crippen molar-refractivity contribution < 1.29 is 14.3 Å². The maximum Gasteiger partial charge on any atom is 0.379 e. The van der Waals surface area contributed by atoms with Crippen molar-refractivity contribution in [2.24, 2.45) is 0 Å². The van der Waals surface area contributed by atoms with Crippen LogP contribution in [0.15, 0.2) is 73.3 Å². The third kappa shape index (κ3) is 4.32. The molecule has 28 heavy (non-hydrogen) atoms. The van der Waals surface area contributed by atoms with Gasteiger partial charge >= 0.3 is 5.97 Å². The first-order chi connectivity index (χ1) is 13.6. The normalized spacial score (nSPS) is 11.5. The summed E-state index contributed by atoms with van der Waals surface area (Å²) in [5.74, 6) is -0.805. The standard InChI is InChI=1S/C21H20N4O3/c1-3-14-22-20(26)15(2)28-21(27)18-23-19(16-10-6-4-7-11-16)25(24-18)17-12-8-5-9-13-17/h3-13,15H,1,14H2,2H3,(H,22,26). The predicted molar refractivity (Wildman–Crippen MR) is 105 cm³/mol. The summed E-state index contributed by atoms with van der Waals surface area (Å²) in [6.07, 6.45) is 0.568. The maximum absolute atomic E-state index is 12.5. The summed E-state index contributed by atoms with van der Waals surface area (Å²) in [5.41, 5.74) is 1.55. The van der Waals surface area contributed by atoms with Crippen molar-refractivity contribution in [3.63, 3.8) is 0 Å². The Morgan fingerprint density at radius 2 is 1.79 bits per heavy atom. The van der Waals surface area contributed by atoms with Gasteiger partial charge in [0.05, 0.1) is 5.69 Å². The number of esters is 1. The summed E-state index contributed by atoms with van der Waals surface area (Å²) in [5, 5.41) is 6.89. The van der Waals surface area contributed by atoms with E-state index in [9.17, 15) is 9.59 Å². The van der Waals surface area contributed by atoms with Gasteiger partial charge in [-0.05, 0) is 19.1 Å². The van der Waals surface area contributed by atoms with E-state index in [1.807, 2.05) is 60.7 Å². The Bertz CT molecular complexity index is 911. The zero-order chi connectivity index (χ0) is 19.9. The van der Waals surface area contributed by atoms with Crippen LogP contribution in [0.1, 0.15) is 17.5 Å². The first kappa shape index (κ1) is 19.0. The minimum atomic E-state index is -0.976. The number of ether oxygens (including phenoxy) is 1. The van der Waals surface area contributed by atoms with Crippen molar-refractivity contribution in [1.82, 2.24) is 20.1 Å². The molecule has 3 aromatic rings. The molecule has 0 radical (unpaired) electrons. The highest BCUT2D eigenvalue weighted by Crippen LogP contribution is 2.21. The van der Waals surface area contributed by atoms with Crippen LogP contribution in [0.25, 0.3) is 17.1 Å². The van der Waals surface area contributed by atoms with Crippen LogP contribution in [0.4, 0.5) is 0 Å². The first-order valence-corrected chi connectivity index (χ1v) is 8.77. The van der Waals surface area contributed by atoms with Gasteiger partial charge in [0.25, 0.3) is 11.7 Å². The number of aromatic nitrogens is 3. The second kappa shape index (κ2) is 8.77. The van der Waals surface area contributed by atoms with Crippen molar-refractivity contribution >= 4 is 11.9 Å². The minimum absolute atomic E-state index is 0.119. The van der Waals surface area contributed by atoms with Crippen molar-refractivity contribution in [2.45, 2.75) is 13.0 Å². The van der Waals surface area contributed by atoms with Gasteiger partial charge in [0.1, 0.15) is 0 Å². The molecule has 0 saturated heterocycles. The fraction of sp³-hybridized carbons (Fsp3) is 0.143. The Hall–Kier alpha value is -3.74. The summed E-state index contributed by atoms with van der Waals surface area (Å²) in [7, 11) is 0. The smallest absolute Gasteiger partial charge is 0.379 e. The van der Waals surface area contributed by atoms with E-state index >= 15 is 0 Å². The van der Waals surface area contributed by atoms with E-state index in [2.05, 4.69) is 22.0 Å². The highest BCUT2D eigenvalue weighted by molar-refractivity contribution is 5.89. The Morgan fingerprint density at radius 3 is 2.43 bits per heavy atom. The molecule has 142 valence electrons. The van der Waals surface area contributed by atoms with Crippen molar-refractivity contribution in [3.05, 3.63) is 79.1 Å². The molecule has 0 bridgehead atoms. The van der Waals surface area contributed by atoms with Crippen molar-refractivity contribution in [1.29, 1.82) is 0 Å². The number of carbonyl (C=O) groups is 2. The Kier molecular flexibility index (Phi) is 5.96. The van der Waals surface area contributed by atoms with Crippen LogP contribution in [0.5, 0.6) is 0 Å². The molecule has 1 N–H and O–H groups in total. The molecule has 3 rings (SSSR count). The van der Waals surface area contributed by atoms with Gasteiger partial charge < -0.3 is 10.1 Å². The van der Waals surface area contributed by atoms with Crippen LogP contribution >= 0.6 is 0 Å². The number of hydrogen-bond donors (Lipinski definition) is 1. The molecule has 0 spiro atoms. The average Bonchev–Trinajstić information content (AvgIpc) is 3.19. The lowest BCUT2D eigenvalue weighted by Crippen LogP contribution is -2.36. The quantitative estimate of drug-likeness (QED) is 0.506. The van der Waals surface area contributed by atoms with E-state index in [0.29, 0.717) is 12.4 Å². The lowest BCUT2D eigenvalue weighted by atomic mass is 10.2. The molecule has 1 heterocycles. The van der Waals surface area contributed by atoms with Gasteiger partial charge in [0, 0.05) is 12.1 Å². The SMILES string of the molecule is C=CCNC(=O)C(C)OC(=O)c1nc(-c2ccccc2)n(-c2ccccc2)n1. The Balaban J connectivity index is 1.90. The average molecular weight is 376 g/mol. The Morgan fingerprint density at radius 1 is 1.14 bits per heavy atom. The molecular weight excluding hydrogens is 356 g/mol. The van der Waals surface area contributed by atoms with Gasteiger partial charge in [-0.2, -0.15) is 0 Å². The molecule has 2 aromatic carbocycles. The minimum Gasteiger partial charge on any atom is -0.447 e.